The molecule has 5 heteroatoms. The molecule has 3 nitrogen and oxygen atoms in total. The van der Waals surface area contributed by atoms with E-state index in [1.54, 1.807) is 24.3 Å². The highest BCUT2D eigenvalue weighted by atomic mass is 127. The second-order valence-electron chi connectivity index (χ2n) is 2.81. The van der Waals surface area contributed by atoms with Crippen molar-refractivity contribution in [3.63, 3.8) is 0 Å². The van der Waals surface area contributed by atoms with Gasteiger partial charge < -0.3 is 9.42 Å². The second-order valence-corrected chi connectivity index (χ2v) is 5.79. The van der Waals surface area contributed by atoms with Gasteiger partial charge in [0.2, 0.25) is 0 Å². The molecule has 0 heterocycles. The Kier molecular flexibility index (Phi) is 4.92. The molecule has 1 N–H and O–H groups in total. The molecule has 78 valence electrons. The maximum absolute atomic E-state index is 11.5. The summed E-state index contributed by atoms with van der Waals surface area (Å²) < 4.78 is 17.3. The summed E-state index contributed by atoms with van der Waals surface area (Å²) in [6.07, 6.45) is 0.909. The van der Waals surface area contributed by atoms with Gasteiger partial charge in [0.15, 0.2) is 0 Å². The van der Waals surface area contributed by atoms with Gasteiger partial charge in [-0.2, -0.15) is 0 Å². The number of alkyl halides is 1. The Hall–Kier alpha value is -0.0600. The Morgan fingerprint density at radius 3 is 2.57 bits per heavy atom. The summed E-state index contributed by atoms with van der Waals surface area (Å²) in [6, 6.07) is 8.72. The average Bonchev–Trinajstić information content (AvgIpc) is 2.16. The molecule has 1 rings (SSSR count). The van der Waals surface area contributed by atoms with Crippen LogP contribution in [-0.2, 0) is 4.57 Å². The van der Waals surface area contributed by atoms with E-state index in [1.807, 2.05) is 6.07 Å². The number of para-hydroxylation sites is 1. The lowest BCUT2D eigenvalue weighted by Crippen LogP contribution is -1.97. The normalized spacial score (nSPS) is 14.7. The highest BCUT2D eigenvalue weighted by Crippen LogP contribution is 2.42. The predicted octanol–water partition coefficient (Wildman–Crippen LogP) is 3.08. The third-order valence-electron chi connectivity index (χ3n) is 1.57. The first-order chi connectivity index (χ1) is 6.64. The zero-order chi connectivity index (χ0) is 10.4. The minimum Gasteiger partial charge on any atom is -0.424 e. The van der Waals surface area contributed by atoms with Gasteiger partial charge in [-0.25, -0.2) is 4.57 Å². The van der Waals surface area contributed by atoms with Crippen molar-refractivity contribution in [2.45, 2.75) is 6.42 Å². The molecular weight excluding hydrogens is 314 g/mol. The Balaban J connectivity index is 2.55. The van der Waals surface area contributed by atoms with Crippen molar-refractivity contribution in [1.82, 2.24) is 0 Å². The molecule has 0 aliphatic rings. The van der Waals surface area contributed by atoms with Crippen molar-refractivity contribution in [2.75, 3.05) is 10.6 Å². The molecule has 0 spiro atoms. The Labute approximate surface area is 97.2 Å². The van der Waals surface area contributed by atoms with Crippen LogP contribution in [0.2, 0.25) is 0 Å². The van der Waals surface area contributed by atoms with Gasteiger partial charge in [-0.1, -0.05) is 40.8 Å². The summed E-state index contributed by atoms with van der Waals surface area (Å²) in [7, 11) is -3.44. The van der Waals surface area contributed by atoms with Gasteiger partial charge in [0, 0.05) is 4.43 Å². The third kappa shape index (κ3) is 4.44. The zero-order valence-electron chi connectivity index (χ0n) is 7.60. The van der Waals surface area contributed by atoms with Gasteiger partial charge in [-0.15, -0.1) is 0 Å². The Morgan fingerprint density at radius 2 is 2.00 bits per heavy atom. The van der Waals surface area contributed by atoms with Crippen LogP contribution in [0.1, 0.15) is 6.42 Å². The van der Waals surface area contributed by atoms with Gasteiger partial charge in [0.1, 0.15) is 5.75 Å². The highest BCUT2D eigenvalue weighted by molar-refractivity contribution is 14.1. The lowest BCUT2D eigenvalue weighted by Gasteiger charge is -2.12. The minimum atomic E-state index is -3.44. The van der Waals surface area contributed by atoms with Crippen molar-refractivity contribution in [3.05, 3.63) is 30.3 Å². The summed E-state index contributed by atoms with van der Waals surface area (Å²) in [5, 5.41) is 0. The SMILES string of the molecule is O=P(O)(CCCI)Oc1ccccc1. The average molecular weight is 326 g/mol. The van der Waals surface area contributed by atoms with E-state index in [0.29, 0.717) is 12.2 Å². The predicted molar refractivity (Wildman–Crippen MR) is 65.3 cm³/mol. The van der Waals surface area contributed by atoms with Crippen LogP contribution in [0.3, 0.4) is 0 Å². The fourth-order valence-corrected chi connectivity index (χ4v) is 3.04. The van der Waals surface area contributed by atoms with Crippen molar-refractivity contribution >= 4 is 30.2 Å². The van der Waals surface area contributed by atoms with E-state index in [1.165, 1.54) is 0 Å². The molecule has 0 radical (unpaired) electrons. The third-order valence-corrected chi connectivity index (χ3v) is 3.71. The minimum absolute atomic E-state index is 0.213. The van der Waals surface area contributed by atoms with Crippen molar-refractivity contribution < 1.29 is 14.0 Å². The smallest absolute Gasteiger partial charge is 0.376 e. The first-order valence-corrected chi connectivity index (χ1v) is 7.55. The van der Waals surface area contributed by atoms with E-state index in [2.05, 4.69) is 22.6 Å². The molecule has 0 fully saturated rings. The molecule has 0 saturated carbocycles. The summed E-state index contributed by atoms with van der Waals surface area (Å²) >= 11 is 2.17. The quantitative estimate of drug-likeness (QED) is 0.514. The van der Waals surface area contributed by atoms with Crippen LogP contribution in [-0.4, -0.2) is 15.5 Å². The number of hydrogen-bond acceptors (Lipinski definition) is 2. The zero-order valence-corrected chi connectivity index (χ0v) is 10.6. The van der Waals surface area contributed by atoms with Gasteiger partial charge in [-0.05, 0) is 18.6 Å². The molecule has 1 aromatic carbocycles. The standard InChI is InChI=1S/C9H12IO3P/c10-7-4-8-14(11,12)13-9-5-2-1-3-6-9/h1-3,5-6H,4,7-8H2,(H,11,12). The van der Waals surface area contributed by atoms with Crippen LogP contribution >= 0.6 is 30.2 Å². The molecule has 0 aromatic heterocycles. The molecule has 1 unspecified atom stereocenters. The highest BCUT2D eigenvalue weighted by Gasteiger charge is 2.19. The van der Waals surface area contributed by atoms with Crippen LogP contribution in [0, 0.1) is 0 Å². The number of benzene rings is 1. The van der Waals surface area contributed by atoms with E-state index in [0.717, 1.165) is 4.43 Å². The van der Waals surface area contributed by atoms with Crippen LogP contribution in [0.25, 0.3) is 0 Å². The van der Waals surface area contributed by atoms with Crippen molar-refractivity contribution in [3.8, 4) is 5.75 Å². The monoisotopic (exact) mass is 326 g/mol. The Morgan fingerprint density at radius 1 is 1.36 bits per heavy atom. The van der Waals surface area contributed by atoms with Gasteiger partial charge in [0.25, 0.3) is 0 Å². The van der Waals surface area contributed by atoms with Crippen molar-refractivity contribution in [1.29, 1.82) is 0 Å². The molecule has 0 aliphatic carbocycles. The molecule has 1 aromatic rings. The fourth-order valence-electron chi connectivity index (χ4n) is 0.951. The van der Waals surface area contributed by atoms with E-state index in [9.17, 15) is 9.46 Å². The maximum Gasteiger partial charge on any atom is 0.376 e. The molecule has 0 bridgehead atoms. The van der Waals surface area contributed by atoms with Crippen molar-refractivity contribution in [2.24, 2.45) is 0 Å². The molecule has 1 atom stereocenters. The van der Waals surface area contributed by atoms with Crippen LogP contribution in [0.15, 0.2) is 30.3 Å². The van der Waals surface area contributed by atoms with E-state index in [4.69, 9.17) is 4.52 Å². The molecule has 0 saturated heterocycles. The molecule has 0 amide bonds. The lowest BCUT2D eigenvalue weighted by molar-refractivity contribution is 0.379. The van der Waals surface area contributed by atoms with Crippen LogP contribution in [0.4, 0.5) is 0 Å². The molecule has 0 aliphatic heterocycles. The van der Waals surface area contributed by atoms with E-state index in [-0.39, 0.29) is 6.16 Å². The first kappa shape index (κ1) is 12.0. The summed E-state index contributed by atoms with van der Waals surface area (Å²) in [4.78, 5) is 9.43. The van der Waals surface area contributed by atoms with E-state index >= 15 is 0 Å². The fraction of sp³-hybridized carbons (Fsp3) is 0.333. The molecule has 14 heavy (non-hydrogen) atoms. The van der Waals surface area contributed by atoms with Crippen LogP contribution < -0.4 is 4.52 Å². The Bertz CT molecular complexity index is 315. The summed E-state index contributed by atoms with van der Waals surface area (Å²) in [5.74, 6) is 0.451. The maximum atomic E-state index is 11.5. The van der Waals surface area contributed by atoms with Gasteiger partial charge >= 0.3 is 7.60 Å². The van der Waals surface area contributed by atoms with Crippen LogP contribution in [0.5, 0.6) is 5.75 Å². The summed E-state index contributed by atoms with van der Waals surface area (Å²) in [5.41, 5.74) is 0. The van der Waals surface area contributed by atoms with E-state index < -0.39 is 7.60 Å². The topological polar surface area (TPSA) is 46.5 Å². The summed E-state index contributed by atoms with van der Waals surface area (Å²) in [6.45, 7) is 0. The van der Waals surface area contributed by atoms with Gasteiger partial charge in [-0.3, -0.25) is 0 Å². The lowest BCUT2D eigenvalue weighted by atomic mass is 10.3. The first-order valence-electron chi connectivity index (χ1n) is 4.26. The van der Waals surface area contributed by atoms with Gasteiger partial charge in [0.05, 0.1) is 6.16 Å². The molecular formula is C9H12IO3P. The second kappa shape index (κ2) is 5.73. The largest absolute Gasteiger partial charge is 0.424 e. The number of halogens is 1. The number of hydrogen-bond donors (Lipinski definition) is 1. The number of rotatable bonds is 5.